The fourth-order valence-electron chi connectivity index (χ4n) is 1.79. The molecule has 10 heteroatoms. The van der Waals surface area contributed by atoms with Crippen LogP contribution >= 0.6 is 0 Å². The Balaban J connectivity index is 3.28. The minimum Gasteiger partial charge on any atom is -0.394 e. The quantitative estimate of drug-likeness (QED) is 0.833. The summed E-state index contributed by atoms with van der Waals surface area (Å²) in [6, 6.07) is 0. The zero-order chi connectivity index (χ0) is 15.7. The topological polar surface area (TPSA) is 58.3 Å². The third-order valence-electron chi connectivity index (χ3n) is 2.62. The maximum Gasteiger partial charge on any atom is 0.435 e. The third-order valence-corrected chi connectivity index (χ3v) is 2.62. The molecule has 0 aliphatic rings. The lowest BCUT2D eigenvalue weighted by atomic mass is 10.0. The average Bonchev–Trinajstić information content (AvgIpc) is 2.62. The van der Waals surface area contributed by atoms with E-state index in [1.54, 1.807) is 0 Å². The molecule has 1 aromatic heterocycles. The number of aromatic nitrogens is 2. The maximum absolute atomic E-state index is 12.8. The molecule has 0 aliphatic carbocycles. The van der Waals surface area contributed by atoms with Gasteiger partial charge in [-0.25, -0.2) is 0 Å². The third kappa shape index (κ3) is 3.63. The predicted molar refractivity (Wildman–Crippen MR) is 54.6 cm³/mol. The Labute approximate surface area is 109 Å². The Bertz CT molecular complexity index is 466. The van der Waals surface area contributed by atoms with E-state index in [1.807, 2.05) is 0 Å². The highest BCUT2D eigenvalue weighted by Crippen LogP contribution is 2.39. The van der Waals surface area contributed by atoms with Crippen LogP contribution in [0.25, 0.3) is 0 Å². The molecule has 0 amide bonds. The molecular formula is C10H12F6N2O2. The van der Waals surface area contributed by atoms with Gasteiger partial charge in [-0.05, 0) is 12.8 Å². The summed E-state index contributed by atoms with van der Waals surface area (Å²) < 4.78 is 76.5. The Morgan fingerprint density at radius 1 is 1.15 bits per heavy atom. The van der Waals surface area contributed by atoms with Crippen molar-refractivity contribution < 1.29 is 36.6 Å². The van der Waals surface area contributed by atoms with Gasteiger partial charge < -0.3 is 10.2 Å². The molecule has 0 saturated heterocycles. The van der Waals surface area contributed by atoms with E-state index < -0.39 is 54.9 Å². The first-order valence-electron chi connectivity index (χ1n) is 5.47. The van der Waals surface area contributed by atoms with Crippen molar-refractivity contribution in [2.45, 2.75) is 31.3 Å². The Hall–Kier alpha value is -1.29. The van der Waals surface area contributed by atoms with Crippen LogP contribution in [0.5, 0.6) is 0 Å². The van der Waals surface area contributed by atoms with Gasteiger partial charge in [0.05, 0.1) is 12.7 Å². The van der Waals surface area contributed by atoms with Gasteiger partial charge in [0, 0.05) is 12.6 Å². The van der Waals surface area contributed by atoms with E-state index in [0.717, 1.165) is 7.05 Å². The monoisotopic (exact) mass is 306 g/mol. The van der Waals surface area contributed by atoms with Crippen molar-refractivity contribution in [1.29, 1.82) is 0 Å². The zero-order valence-electron chi connectivity index (χ0n) is 10.3. The highest BCUT2D eigenvalue weighted by atomic mass is 19.4. The second-order valence-electron chi connectivity index (χ2n) is 4.17. The van der Waals surface area contributed by atoms with Gasteiger partial charge in [0.2, 0.25) is 0 Å². The molecule has 2 N–H and O–H groups in total. The summed E-state index contributed by atoms with van der Waals surface area (Å²) in [4.78, 5) is 0. The lowest BCUT2D eigenvalue weighted by Gasteiger charge is -2.12. The summed E-state index contributed by atoms with van der Waals surface area (Å²) in [6.45, 7) is -0.747. The summed E-state index contributed by atoms with van der Waals surface area (Å²) in [5.41, 5.74) is -4.16. The number of aliphatic hydroxyl groups excluding tert-OH is 2. The number of halogens is 6. The summed E-state index contributed by atoms with van der Waals surface area (Å²) in [7, 11) is 0.768. The molecule has 4 nitrogen and oxygen atoms in total. The van der Waals surface area contributed by atoms with Crippen molar-refractivity contribution in [1.82, 2.24) is 9.78 Å². The first kappa shape index (κ1) is 16.8. The normalized spacial score (nSPS) is 14.7. The van der Waals surface area contributed by atoms with E-state index >= 15 is 0 Å². The van der Waals surface area contributed by atoms with Crippen LogP contribution in [0.15, 0.2) is 0 Å². The van der Waals surface area contributed by atoms with Crippen molar-refractivity contribution in [3.05, 3.63) is 17.0 Å². The summed E-state index contributed by atoms with van der Waals surface area (Å²) in [5.74, 6) is 0. The molecule has 1 heterocycles. The van der Waals surface area contributed by atoms with Crippen LogP contribution in [-0.4, -0.2) is 32.7 Å². The van der Waals surface area contributed by atoms with E-state index in [9.17, 15) is 26.3 Å². The molecule has 0 aromatic carbocycles. The molecule has 1 aromatic rings. The minimum absolute atomic E-state index is 0.128. The van der Waals surface area contributed by atoms with E-state index in [4.69, 9.17) is 10.2 Å². The van der Waals surface area contributed by atoms with Crippen molar-refractivity contribution in [3.8, 4) is 0 Å². The molecule has 116 valence electrons. The largest absolute Gasteiger partial charge is 0.435 e. The van der Waals surface area contributed by atoms with Crippen LogP contribution < -0.4 is 0 Å². The minimum atomic E-state index is -5.03. The fourth-order valence-corrected chi connectivity index (χ4v) is 1.79. The molecule has 0 saturated carbocycles. The summed E-state index contributed by atoms with van der Waals surface area (Å²) in [5, 5.41) is 20.5. The Morgan fingerprint density at radius 2 is 1.70 bits per heavy atom. The second kappa shape index (κ2) is 5.60. The van der Waals surface area contributed by atoms with E-state index in [0.29, 0.717) is 0 Å². The molecule has 0 aliphatic heterocycles. The number of alkyl halides is 6. The van der Waals surface area contributed by atoms with Crippen molar-refractivity contribution >= 4 is 0 Å². The molecule has 20 heavy (non-hydrogen) atoms. The highest BCUT2D eigenvalue weighted by Gasteiger charge is 2.45. The van der Waals surface area contributed by atoms with Crippen molar-refractivity contribution in [3.63, 3.8) is 0 Å². The van der Waals surface area contributed by atoms with Gasteiger partial charge in [0.15, 0.2) is 5.69 Å². The highest BCUT2D eigenvalue weighted by molar-refractivity contribution is 5.31. The Morgan fingerprint density at radius 3 is 2.10 bits per heavy atom. The van der Waals surface area contributed by atoms with Crippen molar-refractivity contribution in [2.24, 2.45) is 7.05 Å². The van der Waals surface area contributed by atoms with Gasteiger partial charge in [-0.3, -0.25) is 4.68 Å². The van der Waals surface area contributed by atoms with Gasteiger partial charge >= 0.3 is 12.4 Å². The SMILES string of the molecule is Cn1nc(C(F)(F)F)c(CCC(O)CO)c1C(F)(F)F. The molecule has 0 radical (unpaired) electrons. The summed E-state index contributed by atoms with van der Waals surface area (Å²) >= 11 is 0. The first-order chi connectivity index (χ1) is 8.98. The maximum atomic E-state index is 12.8. The molecular weight excluding hydrogens is 294 g/mol. The van der Waals surface area contributed by atoms with Crippen LogP contribution in [-0.2, 0) is 25.8 Å². The van der Waals surface area contributed by atoms with Crippen LogP contribution in [0.3, 0.4) is 0 Å². The zero-order valence-corrected chi connectivity index (χ0v) is 10.3. The molecule has 0 bridgehead atoms. The molecule has 1 unspecified atom stereocenters. The van der Waals surface area contributed by atoms with Gasteiger partial charge in [-0.15, -0.1) is 0 Å². The van der Waals surface area contributed by atoms with Crippen LogP contribution in [0.4, 0.5) is 26.3 Å². The van der Waals surface area contributed by atoms with Crippen LogP contribution in [0.2, 0.25) is 0 Å². The lowest BCUT2D eigenvalue weighted by molar-refractivity contribution is -0.145. The molecule has 1 rings (SSSR count). The summed E-state index contributed by atoms with van der Waals surface area (Å²) in [6.07, 6.45) is -12.5. The predicted octanol–water partition coefficient (Wildman–Crippen LogP) is 1.74. The fraction of sp³-hybridized carbons (Fsp3) is 0.700. The van der Waals surface area contributed by atoms with E-state index in [2.05, 4.69) is 5.10 Å². The van der Waals surface area contributed by atoms with Gasteiger partial charge in [-0.2, -0.15) is 31.4 Å². The van der Waals surface area contributed by atoms with Gasteiger partial charge in [0.25, 0.3) is 0 Å². The first-order valence-corrected chi connectivity index (χ1v) is 5.47. The number of hydrogen-bond acceptors (Lipinski definition) is 3. The number of rotatable bonds is 4. The number of nitrogens with zero attached hydrogens (tertiary/aromatic N) is 2. The Kier molecular flexibility index (Phi) is 4.70. The van der Waals surface area contributed by atoms with E-state index in [1.165, 1.54) is 0 Å². The van der Waals surface area contributed by atoms with Gasteiger partial charge in [0.1, 0.15) is 5.69 Å². The molecule has 0 spiro atoms. The molecule has 1 atom stereocenters. The second-order valence-corrected chi connectivity index (χ2v) is 4.17. The number of aliphatic hydroxyl groups is 2. The standard InChI is InChI=1S/C10H12F6N2O2/c1-18-8(10(14,15)16)6(3-2-5(20)4-19)7(17-18)9(11,12)13/h5,19-20H,2-4H2,1H3. The number of hydrogen-bond donors (Lipinski definition) is 2. The van der Waals surface area contributed by atoms with Gasteiger partial charge in [-0.1, -0.05) is 0 Å². The van der Waals surface area contributed by atoms with Crippen LogP contribution in [0.1, 0.15) is 23.4 Å². The smallest absolute Gasteiger partial charge is 0.394 e. The van der Waals surface area contributed by atoms with Crippen LogP contribution in [0, 0.1) is 0 Å². The lowest BCUT2D eigenvalue weighted by Crippen LogP contribution is -2.18. The molecule has 0 fully saturated rings. The average molecular weight is 306 g/mol. The number of aryl methyl sites for hydroxylation is 1. The van der Waals surface area contributed by atoms with Crippen molar-refractivity contribution in [2.75, 3.05) is 6.61 Å². The van der Waals surface area contributed by atoms with E-state index in [-0.39, 0.29) is 4.68 Å².